The van der Waals surface area contributed by atoms with Crippen LogP contribution in [0.5, 0.6) is 0 Å². The van der Waals surface area contributed by atoms with E-state index in [1.807, 2.05) is 0 Å². The van der Waals surface area contributed by atoms with Gasteiger partial charge >= 0.3 is 0 Å². The first-order valence-electron chi connectivity index (χ1n) is 10.7. The predicted octanol–water partition coefficient (Wildman–Crippen LogP) is 6.55. The van der Waals surface area contributed by atoms with E-state index in [0.717, 1.165) is 29.4 Å². The molecule has 2 aliphatic carbocycles. The molecule has 2 heterocycles. The molecule has 6 rings (SSSR count). The molecular weight excluding hydrogens is 422 g/mol. The molecule has 2 nitrogen and oxygen atoms in total. The van der Waals surface area contributed by atoms with Gasteiger partial charge in [-0.05, 0) is 72.6 Å². The van der Waals surface area contributed by atoms with Crippen molar-refractivity contribution in [2.45, 2.75) is 37.6 Å². The van der Waals surface area contributed by atoms with Crippen LogP contribution in [0, 0.1) is 11.8 Å². The van der Waals surface area contributed by atoms with Crippen LogP contribution in [0.3, 0.4) is 0 Å². The fourth-order valence-electron chi connectivity index (χ4n) is 6.25. The number of allylic oxidation sites excluding steroid dienone is 4. The normalized spacial score (nSPS) is 30.8. The lowest BCUT2D eigenvalue weighted by Crippen LogP contribution is -2.46. The molecule has 0 unspecified atom stereocenters. The van der Waals surface area contributed by atoms with Crippen LogP contribution < -0.4 is 4.90 Å². The molecular formula is C26H24BrNO. The van der Waals surface area contributed by atoms with E-state index in [1.54, 1.807) is 6.92 Å². The summed E-state index contributed by atoms with van der Waals surface area (Å²) in [6.45, 7) is 2.80. The summed E-state index contributed by atoms with van der Waals surface area (Å²) < 4.78 is 1.15. The molecule has 0 bridgehead atoms. The molecule has 0 radical (unpaired) electrons. The molecule has 0 amide bonds. The summed E-state index contributed by atoms with van der Waals surface area (Å²) in [5.41, 5.74) is 6.42. The molecule has 0 spiro atoms. The minimum Gasteiger partial charge on any atom is -0.363 e. The van der Waals surface area contributed by atoms with Crippen LogP contribution in [-0.4, -0.2) is 12.3 Å². The van der Waals surface area contributed by atoms with Crippen molar-refractivity contribution in [1.29, 1.82) is 0 Å². The van der Waals surface area contributed by atoms with Crippen molar-refractivity contribution in [3.8, 4) is 0 Å². The van der Waals surface area contributed by atoms with E-state index in [0.29, 0.717) is 29.7 Å². The number of hydrogen-bond donors (Lipinski definition) is 0. The SMILES string of the molecule is CC(=O)c1cc2c3c(c1)[C@@H]1C=CC[C@@H]1[C@H](c1cccc(Br)c1)N3C[C@@H]1CC=C[C@@H]21. The van der Waals surface area contributed by atoms with Gasteiger partial charge in [-0.15, -0.1) is 0 Å². The highest BCUT2D eigenvalue weighted by Gasteiger charge is 2.47. The first kappa shape index (κ1) is 17.7. The summed E-state index contributed by atoms with van der Waals surface area (Å²) in [7, 11) is 0. The van der Waals surface area contributed by atoms with Gasteiger partial charge in [-0.25, -0.2) is 0 Å². The highest BCUT2D eigenvalue weighted by atomic mass is 79.9. The standard InChI is InChI=1S/C26H24BrNO/c1-15(29)18-12-23-20-8-3-6-17(20)14-28-25(16-5-2-7-19(27)11-16)22-10-4-9-21(22)24(13-18)26(23)28/h2-5,7-9,11-13,17,20-22,25H,6,10,14H2,1H3/t17-,20+,21+,22-,25-/m0/s1. The van der Waals surface area contributed by atoms with Crippen molar-refractivity contribution in [3.63, 3.8) is 0 Å². The Bertz CT molecular complexity index is 1070. The van der Waals surface area contributed by atoms with Crippen molar-refractivity contribution in [2.75, 3.05) is 11.4 Å². The second kappa shape index (κ2) is 6.43. The highest BCUT2D eigenvalue weighted by molar-refractivity contribution is 9.10. The Labute approximate surface area is 180 Å². The number of hydrogen-bond acceptors (Lipinski definition) is 2. The molecule has 5 atom stereocenters. The Hall–Kier alpha value is -2.13. The highest BCUT2D eigenvalue weighted by Crippen LogP contribution is 2.59. The number of Topliss-reactive ketones (excluding diaryl/α,β-unsaturated/α-hetero) is 1. The fraction of sp³-hybridized carbons (Fsp3) is 0.346. The molecule has 0 N–H and O–H groups in total. The predicted molar refractivity (Wildman–Crippen MR) is 121 cm³/mol. The Kier molecular flexibility index (Phi) is 3.93. The largest absolute Gasteiger partial charge is 0.363 e. The molecule has 0 saturated heterocycles. The maximum Gasteiger partial charge on any atom is 0.159 e. The van der Waals surface area contributed by atoms with Crippen LogP contribution in [-0.2, 0) is 0 Å². The first-order chi connectivity index (χ1) is 14.1. The molecule has 2 aromatic carbocycles. The van der Waals surface area contributed by atoms with Gasteiger partial charge in [0.2, 0.25) is 0 Å². The Balaban J connectivity index is 1.61. The number of carbonyl (C=O) groups is 1. The van der Waals surface area contributed by atoms with Crippen LogP contribution in [0.25, 0.3) is 0 Å². The average molecular weight is 446 g/mol. The second-order valence-corrected chi connectivity index (χ2v) is 9.93. The summed E-state index contributed by atoms with van der Waals surface area (Å²) >= 11 is 3.69. The smallest absolute Gasteiger partial charge is 0.159 e. The molecule has 2 aliphatic heterocycles. The number of halogens is 1. The van der Waals surface area contributed by atoms with Crippen LogP contribution in [0.15, 0.2) is 65.2 Å². The summed E-state index contributed by atoms with van der Waals surface area (Å²) in [6.07, 6.45) is 11.7. The van der Waals surface area contributed by atoms with Gasteiger partial charge in [0.1, 0.15) is 0 Å². The minimum absolute atomic E-state index is 0.173. The van der Waals surface area contributed by atoms with Crippen molar-refractivity contribution < 1.29 is 4.79 Å². The van der Waals surface area contributed by atoms with Crippen LogP contribution in [0.1, 0.15) is 64.7 Å². The summed E-state index contributed by atoms with van der Waals surface area (Å²) in [5.74, 6) is 2.15. The third kappa shape index (κ3) is 2.56. The quantitative estimate of drug-likeness (QED) is 0.385. The van der Waals surface area contributed by atoms with E-state index in [9.17, 15) is 4.79 Å². The first-order valence-corrected chi connectivity index (χ1v) is 11.5. The number of ketones is 1. The van der Waals surface area contributed by atoms with Crippen molar-refractivity contribution >= 4 is 27.4 Å². The summed E-state index contributed by atoms with van der Waals surface area (Å²) in [6, 6.07) is 13.6. The number of anilines is 1. The zero-order valence-corrected chi connectivity index (χ0v) is 18.1. The lowest BCUT2D eigenvalue weighted by molar-refractivity contribution is 0.101. The minimum atomic E-state index is 0.173. The lowest BCUT2D eigenvalue weighted by Gasteiger charge is -2.51. The van der Waals surface area contributed by atoms with E-state index in [-0.39, 0.29) is 5.78 Å². The van der Waals surface area contributed by atoms with Crippen LogP contribution in [0.4, 0.5) is 5.69 Å². The maximum absolute atomic E-state index is 12.4. The lowest BCUT2D eigenvalue weighted by atomic mass is 9.70. The van der Waals surface area contributed by atoms with Gasteiger partial charge in [-0.3, -0.25) is 4.79 Å². The summed E-state index contributed by atoms with van der Waals surface area (Å²) in [4.78, 5) is 15.0. The zero-order valence-electron chi connectivity index (χ0n) is 16.5. The number of carbonyl (C=O) groups excluding carboxylic acids is 1. The third-order valence-electron chi connectivity index (χ3n) is 7.45. The van der Waals surface area contributed by atoms with Gasteiger partial charge in [0.15, 0.2) is 5.78 Å². The van der Waals surface area contributed by atoms with E-state index in [1.165, 1.54) is 22.4 Å². The molecule has 0 saturated carbocycles. The molecule has 4 aliphatic rings. The van der Waals surface area contributed by atoms with Gasteiger partial charge in [-0.1, -0.05) is 52.4 Å². The average Bonchev–Trinajstić information content (AvgIpc) is 3.37. The molecule has 0 aromatic heterocycles. The second-order valence-electron chi connectivity index (χ2n) is 9.01. The number of benzene rings is 2. The van der Waals surface area contributed by atoms with Gasteiger partial charge in [0, 0.05) is 34.1 Å². The topological polar surface area (TPSA) is 20.3 Å². The zero-order chi connectivity index (χ0) is 19.7. The number of nitrogens with zero attached hydrogens (tertiary/aromatic N) is 1. The van der Waals surface area contributed by atoms with Crippen molar-refractivity contribution in [3.05, 3.63) is 87.4 Å². The van der Waals surface area contributed by atoms with Gasteiger partial charge < -0.3 is 4.90 Å². The number of fused-ring (bicyclic) bond motifs is 4. The van der Waals surface area contributed by atoms with E-state index >= 15 is 0 Å². The van der Waals surface area contributed by atoms with E-state index in [4.69, 9.17) is 0 Å². The van der Waals surface area contributed by atoms with Crippen LogP contribution >= 0.6 is 15.9 Å². The van der Waals surface area contributed by atoms with Crippen LogP contribution in [0.2, 0.25) is 0 Å². The monoisotopic (exact) mass is 445 g/mol. The molecule has 3 heteroatoms. The molecule has 146 valence electrons. The third-order valence-corrected chi connectivity index (χ3v) is 7.94. The molecule has 29 heavy (non-hydrogen) atoms. The Morgan fingerprint density at radius 2 is 1.79 bits per heavy atom. The Morgan fingerprint density at radius 1 is 1.03 bits per heavy atom. The van der Waals surface area contributed by atoms with Crippen molar-refractivity contribution in [2.24, 2.45) is 11.8 Å². The Morgan fingerprint density at radius 3 is 2.59 bits per heavy atom. The fourth-order valence-corrected chi connectivity index (χ4v) is 6.67. The molecule has 0 fully saturated rings. The van der Waals surface area contributed by atoms with E-state index in [2.05, 4.69) is 81.5 Å². The number of rotatable bonds is 2. The van der Waals surface area contributed by atoms with Crippen molar-refractivity contribution in [1.82, 2.24) is 0 Å². The molecule has 2 aromatic rings. The maximum atomic E-state index is 12.4. The van der Waals surface area contributed by atoms with Gasteiger partial charge in [0.25, 0.3) is 0 Å². The summed E-state index contributed by atoms with van der Waals surface area (Å²) in [5, 5.41) is 0. The van der Waals surface area contributed by atoms with Gasteiger partial charge in [-0.2, -0.15) is 0 Å². The van der Waals surface area contributed by atoms with Gasteiger partial charge in [0.05, 0.1) is 6.04 Å². The van der Waals surface area contributed by atoms with E-state index < -0.39 is 0 Å².